The molecule has 1 heteroatoms. The van der Waals surface area contributed by atoms with Crippen molar-refractivity contribution in [1.29, 1.82) is 0 Å². The van der Waals surface area contributed by atoms with Gasteiger partial charge in [-0.1, -0.05) is 176 Å². The molecule has 0 atom stereocenters. The van der Waals surface area contributed by atoms with Gasteiger partial charge in [-0.05, 0) is 102 Å². The molecule has 10 rings (SSSR count). The highest BCUT2D eigenvalue weighted by Gasteiger charge is 2.46. The van der Waals surface area contributed by atoms with Crippen LogP contribution in [0.4, 0.5) is 17.1 Å². The molecule has 0 saturated heterocycles. The summed E-state index contributed by atoms with van der Waals surface area (Å²) in [7, 11) is 0. The van der Waals surface area contributed by atoms with Crippen LogP contribution < -0.4 is 4.90 Å². The van der Waals surface area contributed by atoms with Crippen LogP contribution in [0.15, 0.2) is 212 Å². The summed E-state index contributed by atoms with van der Waals surface area (Å²) < 4.78 is 0. The number of nitrogens with zero attached hydrogens (tertiary/aromatic N) is 1. The maximum atomic E-state index is 2.45. The predicted octanol–water partition coefficient (Wildman–Crippen LogP) is 13.5. The Balaban J connectivity index is 1.24. The largest absolute Gasteiger partial charge is 0.310 e. The molecule has 1 aliphatic rings. The van der Waals surface area contributed by atoms with Gasteiger partial charge in [-0.25, -0.2) is 0 Å². The van der Waals surface area contributed by atoms with E-state index in [9.17, 15) is 0 Å². The first-order chi connectivity index (χ1) is 25.8. The number of hydrogen-bond donors (Lipinski definition) is 0. The van der Waals surface area contributed by atoms with Crippen LogP contribution >= 0.6 is 0 Å². The first-order valence-electron chi connectivity index (χ1n) is 18.0. The minimum absolute atomic E-state index is 0.482. The molecule has 0 heterocycles. The van der Waals surface area contributed by atoms with E-state index in [1.54, 1.807) is 0 Å². The van der Waals surface area contributed by atoms with Gasteiger partial charge < -0.3 is 4.90 Å². The summed E-state index contributed by atoms with van der Waals surface area (Å²) >= 11 is 0. The molecule has 0 fully saturated rings. The number of benzene rings is 9. The molecule has 0 radical (unpaired) electrons. The summed E-state index contributed by atoms with van der Waals surface area (Å²) in [6.07, 6.45) is 0. The van der Waals surface area contributed by atoms with E-state index < -0.39 is 5.41 Å². The second-order valence-electron chi connectivity index (χ2n) is 13.7. The van der Waals surface area contributed by atoms with Gasteiger partial charge in [-0.3, -0.25) is 0 Å². The van der Waals surface area contributed by atoms with Gasteiger partial charge in [-0.2, -0.15) is 0 Å². The third-order valence-corrected chi connectivity index (χ3v) is 10.9. The van der Waals surface area contributed by atoms with E-state index in [1.165, 1.54) is 66.1 Å². The summed E-state index contributed by atoms with van der Waals surface area (Å²) in [6, 6.07) is 77.9. The lowest BCUT2D eigenvalue weighted by Gasteiger charge is -2.35. The third kappa shape index (κ3) is 4.71. The zero-order chi connectivity index (χ0) is 34.5. The van der Waals surface area contributed by atoms with Crippen molar-refractivity contribution in [2.24, 2.45) is 0 Å². The van der Waals surface area contributed by atoms with Crippen LogP contribution in [0, 0.1) is 0 Å². The first kappa shape index (κ1) is 30.2. The van der Waals surface area contributed by atoms with Crippen LogP contribution in [0.1, 0.15) is 22.3 Å². The van der Waals surface area contributed by atoms with Crippen molar-refractivity contribution in [3.8, 4) is 22.3 Å². The van der Waals surface area contributed by atoms with Gasteiger partial charge in [0.25, 0.3) is 0 Å². The molecule has 0 aromatic heterocycles. The van der Waals surface area contributed by atoms with Gasteiger partial charge in [-0.15, -0.1) is 0 Å². The highest BCUT2D eigenvalue weighted by atomic mass is 15.1. The highest BCUT2D eigenvalue weighted by Crippen LogP contribution is 2.57. The molecule has 0 spiro atoms. The molecule has 0 N–H and O–H groups in total. The molecule has 1 aliphatic carbocycles. The Kier molecular flexibility index (Phi) is 7.11. The van der Waals surface area contributed by atoms with Crippen LogP contribution in [0.5, 0.6) is 0 Å². The van der Waals surface area contributed by atoms with Crippen LogP contribution in [0.2, 0.25) is 0 Å². The van der Waals surface area contributed by atoms with Gasteiger partial charge in [0.05, 0.1) is 5.41 Å². The van der Waals surface area contributed by atoms with Crippen molar-refractivity contribution in [3.05, 3.63) is 235 Å². The Labute approximate surface area is 304 Å². The van der Waals surface area contributed by atoms with Gasteiger partial charge >= 0.3 is 0 Å². The molecule has 244 valence electrons. The quantitative estimate of drug-likeness (QED) is 0.160. The van der Waals surface area contributed by atoms with E-state index in [2.05, 4.69) is 217 Å². The topological polar surface area (TPSA) is 3.24 Å². The Bertz CT molecular complexity index is 2690. The Hall–Kier alpha value is -6.70. The van der Waals surface area contributed by atoms with Crippen molar-refractivity contribution in [1.82, 2.24) is 0 Å². The molecule has 0 unspecified atom stereocenters. The van der Waals surface area contributed by atoms with E-state index >= 15 is 0 Å². The Morgan fingerprint density at radius 2 is 0.865 bits per heavy atom. The molecule has 0 amide bonds. The van der Waals surface area contributed by atoms with Gasteiger partial charge in [0.15, 0.2) is 0 Å². The van der Waals surface area contributed by atoms with E-state index in [0.29, 0.717) is 0 Å². The van der Waals surface area contributed by atoms with Crippen molar-refractivity contribution in [2.45, 2.75) is 5.41 Å². The van der Waals surface area contributed by atoms with Gasteiger partial charge in [0, 0.05) is 17.1 Å². The molecule has 1 nitrogen and oxygen atoms in total. The first-order valence-corrected chi connectivity index (χ1v) is 18.0. The standard InChI is InChI=1S/C51H35N/c1-4-15-36(16-5-1)38-18-14-23-42(33-38)52(43-29-31-46-39(34-43)28-27-37-17-10-11-24-45(37)46)44-30-32-48-47-25-12-13-26-49(47)51(50(48)35-44,40-19-6-2-7-20-40)41-21-8-3-9-22-41/h1-35H. The lowest BCUT2D eigenvalue weighted by Crippen LogP contribution is -2.28. The summed E-state index contributed by atoms with van der Waals surface area (Å²) in [6.45, 7) is 0. The van der Waals surface area contributed by atoms with Crippen molar-refractivity contribution in [2.75, 3.05) is 4.90 Å². The van der Waals surface area contributed by atoms with E-state index in [4.69, 9.17) is 0 Å². The zero-order valence-electron chi connectivity index (χ0n) is 28.7. The van der Waals surface area contributed by atoms with E-state index in [-0.39, 0.29) is 0 Å². The minimum Gasteiger partial charge on any atom is -0.310 e. The zero-order valence-corrected chi connectivity index (χ0v) is 28.7. The normalized spacial score (nSPS) is 12.8. The lowest BCUT2D eigenvalue weighted by atomic mass is 9.67. The average Bonchev–Trinajstić information content (AvgIpc) is 3.52. The summed E-state index contributed by atoms with van der Waals surface area (Å²) in [5.41, 5.74) is 12.9. The molecule has 9 aromatic carbocycles. The van der Waals surface area contributed by atoms with E-state index in [0.717, 1.165) is 17.1 Å². The molecular formula is C51H35N. The molecule has 0 saturated carbocycles. The van der Waals surface area contributed by atoms with Gasteiger partial charge in [0.2, 0.25) is 0 Å². The lowest BCUT2D eigenvalue weighted by molar-refractivity contribution is 0.768. The second kappa shape index (κ2) is 12.3. The maximum Gasteiger partial charge on any atom is 0.0714 e. The monoisotopic (exact) mass is 661 g/mol. The molecular weight excluding hydrogens is 627 g/mol. The van der Waals surface area contributed by atoms with Crippen LogP contribution in [0.25, 0.3) is 43.8 Å². The SMILES string of the molecule is c1ccc(-c2cccc(N(c3ccc4c(c3)C(c3ccccc3)(c3ccccc3)c3ccccc3-4)c3ccc4c(ccc5ccccc54)c3)c2)cc1. The number of hydrogen-bond acceptors (Lipinski definition) is 1. The van der Waals surface area contributed by atoms with Crippen LogP contribution in [-0.4, -0.2) is 0 Å². The molecule has 0 aliphatic heterocycles. The smallest absolute Gasteiger partial charge is 0.0714 e. The van der Waals surface area contributed by atoms with Crippen LogP contribution in [-0.2, 0) is 5.41 Å². The summed E-state index contributed by atoms with van der Waals surface area (Å²) in [5, 5.41) is 5.01. The summed E-state index contributed by atoms with van der Waals surface area (Å²) in [5.74, 6) is 0. The fraction of sp³-hybridized carbons (Fsp3) is 0.0196. The Morgan fingerprint density at radius 1 is 0.308 bits per heavy atom. The fourth-order valence-electron chi connectivity index (χ4n) is 8.61. The van der Waals surface area contributed by atoms with Crippen molar-refractivity contribution >= 4 is 38.6 Å². The Morgan fingerprint density at radius 3 is 1.65 bits per heavy atom. The minimum atomic E-state index is -0.482. The fourth-order valence-corrected chi connectivity index (χ4v) is 8.61. The molecule has 0 bridgehead atoms. The average molecular weight is 662 g/mol. The van der Waals surface area contributed by atoms with Gasteiger partial charge in [0.1, 0.15) is 0 Å². The molecule has 52 heavy (non-hydrogen) atoms. The summed E-state index contributed by atoms with van der Waals surface area (Å²) in [4.78, 5) is 2.44. The number of rotatable bonds is 6. The van der Waals surface area contributed by atoms with Crippen LogP contribution in [0.3, 0.4) is 0 Å². The predicted molar refractivity (Wildman–Crippen MR) is 219 cm³/mol. The number of anilines is 3. The van der Waals surface area contributed by atoms with Crippen molar-refractivity contribution < 1.29 is 0 Å². The molecule has 9 aromatic rings. The van der Waals surface area contributed by atoms with Crippen molar-refractivity contribution in [3.63, 3.8) is 0 Å². The highest BCUT2D eigenvalue weighted by molar-refractivity contribution is 6.08. The third-order valence-electron chi connectivity index (χ3n) is 10.9. The maximum absolute atomic E-state index is 2.45. The van der Waals surface area contributed by atoms with E-state index in [1.807, 2.05) is 0 Å². The number of fused-ring (bicyclic) bond motifs is 6. The second-order valence-corrected chi connectivity index (χ2v) is 13.7.